The maximum Gasteiger partial charge on any atom is 0.150 e. The maximum absolute atomic E-state index is 4.44. The van der Waals surface area contributed by atoms with Crippen molar-refractivity contribution in [2.24, 2.45) is 0 Å². The van der Waals surface area contributed by atoms with Crippen LogP contribution >= 0.6 is 0 Å². The Balaban J connectivity index is 1.45. The minimum Gasteiger partial charge on any atom is -0.312 e. The Labute approximate surface area is 152 Å². The average molecular weight is 352 g/mol. The van der Waals surface area contributed by atoms with Crippen molar-refractivity contribution in [2.75, 3.05) is 6.54 Å². The van der Waals surface area contributed by atoms with E-state index in [1.165, 1.54) is 0 Å². The van der Waals surface area contributed by atoms with Crippen molar-refractivity contribution in [3.05, 3.63) is 53.6 Å². The van der Waals surface area contributed by atoms with Crippen LogP contribution in [0.5, 0.6) is 0 Å². The van der Waals surface area contributed by atoms with Gasteiger partial charge in [-0.1, -0.05) is 25.1 Å². The Hall–Kier alpha value is -2.61. The molecule has 3 aromatic heterocycles. The van der Waals surface area contributed by atoms with Crippen molar-refractivity contribution in [3.63, 3.8) is 0 Å². The molecule has 8 nitrogen and oxygen atoms in total. The van der Waals surface area contributed by atoms with E-state index in [0.717, 1.165) is 42.5 Å². The number of pyridine rings is 1. The third kappa shape index (κ3) is 3.24. The zero-order valence-electron chi connectivity index (χ0n) is 15.4. The SMILES string of the molecule is CC(C)c1nnc2n1CCN(Cc1cn(Cc3cccnc3)nn1)C2C. The lowest BCUT2D eigenvalue weighted by Crippen LogP contribution is -2.37. The van der Waals surface area contributed by atoms with Gasteiger partial charge in [-0.25, -0.2) is 4.68 Å². The molecule has 4 heterocycles. The lowest BCUT2D eigenvalue weighted by molar-refractivity contribution is 0.153. The van der Waals surface area contributed by atoms with Crippen molar-refractivity contribution in [2.45, 2.75) is 52.4 Å². The zero-order chi connectivity index (χ0) is 18.1. The Morgan fingerprint density at radius 1 is 1.15 bits per heavy atom. The fraction of sp³-hybridized carbons (Fsp3) is 0.500. The van der Waals surface area contributed by atoms with Crippen molar-refractivity contribution in [1.29, 1.82) is 0 Å². The van der Waals surface area contributed by atoms with E-state index >= 15 is 0 Å². The van der Waals surface area contributed by atoms with Crippen LogP contribution < -0.4 is 0 Å². The molecule has 136 valence electrons. The summed E-state index contributed by atoms with van der Waals surface area (Å²) in [7, 11) is 0. The molecule has 0 spiro atoms. The van der Waals surface area contributed by atoms with Crippen LogP contribution in [0, 0.1) is 0 Å². The van der Waals surface area contributed by atoms with Gasteiger partial charge in [0, 0.05) is 37.9 Å². The first-order valence-electron chi connectivity index (χ1n) is 9.06. The van der Waals surface area contributed by atoms with Crippen LogP contribution in [0.1, 0.15) is 55.6 Å². The van der Waals surface area contributed by atoms with E-state index in [2.05, 4.69) is 55.7 Å². The predicted octanol–water partition coefficient (Wildman–Crippen LogP) is 2.01. The summed E-state index contributed by atoms with van der Waals surface area (Å²) >= 11 is 0. The van der Waals surface area contributed by atoms with Crippen molar-refractivity contribution < 1.29 is 0 Å². The van der Waals surface area contributed by atoms with Gasteiger partial charge in [0.15, 0.2) is 0 Å². The molecule has 3 aromatic rings. The van der Waals surface area contributed by atoms with Gasteiger partial charge in [-0.3, -0.25) is 9.88 Å². The predicted molar refractivity (Wildman–Crippen MR) is 96.3 cm³/mol. The molecule has 0 radical (unpaired) electrons. The monoisotopic (exact) mass is 352 g/mol. The molecule has 4 rings (SSSR count). The summed E-state index contributed by atoms with van der Waals surface area (Å²) in [5, 5.41) is 17.4. The molecule has 0 saturated carbocycles. The zero-order valence-corrected chi connectivity index (χ0v) is 15.4. The summed E-state index contributed by atoms with van der Waals surface area (Å²) < 4.78 is 4.13. The third-order valence-electron chi connectivity index (χ3n) is 4.88. The number of aromatic nitrogens is 7. The van der Waals surface area contributed by atoms with Crippen molar-refractivity contribution in [1.82, 2.24) is 39.6 Å². The van der Waals surface area contributed by atoms with E-state index in [1.807, 2.05) is 29.2 Å². The van der Waals surface area contributed by atoms with Crippen LogP contribution in [-0.2, 0) is 19.6 Å². The second-order valence-corrected chi connectivity index (χ2v) is 7.14. The van der Waals surface area contributed by atoms with Gasteiger partial charge >= 0.3 is 0 Å². The average Bonchev–Trinajstić information content (AvgIpc) is 3.25. The maximum atomic E-state index is 4.44. The van der Waals surface area contributed by atoms with Crippen LogP contribution in [0.2, 0.25) is 0 Å². The lowest BCUT2D eigenvalue weighted by atomic mass is 10.1. The number of hydrogen-bond donors (Lipinski definition) is 0. The smallest absolute Gasteiger partial charge is 0.150 e. The number of nitrogens with zero attached hydrogens (tertiary/aromatic N) is 8. The number of fused-ring (bicyclic) bond motifs is 1. The van der Waals surface area contributed by atoms with E-state index in [-0.39, 0.29) is 6.04 Å². The van der Waals surface area contributed by atoms with Gasteiger partial charge in [-0.05, 0) is 18.6 Å². The van der Waals surface area contributed by atoms with Gasteiger partial charge in [0.05, 0.1) is 24.5 Å². The van der Waals surface area contributed by atoms with E-state index in [4.69, 9.17) is 0 Å². The third-order valence-corrected chi connectivity index (χ3v) is 4.88. The van der Waals surface area contributed by atoms with Gasteiger partial charge in [-0.15, -0.1) is 15.3 Å². The molecule has 0 aliphatic carbocycles. The number of rotatable bonds is 5. The van der Waals surface area contributed by atoms with Crippen molar-refractivity contribution in [3.8, 4) is 0 Å². The molecule has 0 fully saturated rings. The van der Waals surface area contributed by atoms with Gasteiger partial charge in [0.2, 0.25) is 0 Å². The molecule has 0 bridgehead atoms. The van der Waals surface area contributed by atoms with Crippen LogP contribution in [0.3, 0.4) is 0 Å². The van der Waals surface area contributed by atoms with E-state index in [9.17, 15) is 0 Å². The van der Waals surface area contributed by atoms with Crippen molar-refractivity contribution >= 4 is 0 Å². The molecule has 1 aliphatic rings. The van der Waals surface area contributed by atoms with E-state index < -0.39 is 0 Å². The van der Waals surface area contributed by atoms with Gasteiger partial charge in [-0.2, -0.15) is 0 Å². The summed E-state index contributed by atoms with van der Waals surface area (Å²) in [6.45, 7) is 9.83. The lowest BCUT2D eigenvalue weighted by Gasteiger charge is -2.33. The summed E-state index contributed by atoms with van der Waals surface area (Å²) in [6, 6.07) is 4.19. The Kier molecular flexibility index (Phi) is 4.50. The van der Waals surface area contributed by atoms with Crippen LogP contribution in [0.25, 0.3) is 0 Å². The van der Waals surface area contributed by atoms with E-state index in [0.29, 0.717) is 12.5 Å². The molecule has 1 unspecified atom stereocenters. The molecule has 1 aliphatic heterocycles. The standard InChI is InChI=1S/C18H24N8/c1-13(2)17-21-22-18-14(3)24(7-8-26(17)18)11-16-12-25(23-20-16)10-15-5-4-6-19-9-15/h4-6,9,12-14H,7-8,10-11H2,1-3H3. The molecule has 1 atom stereocenters. The topological polar surface area (TPSA) is 77.5 Å². The first kappa shape index (κ1) is 16.8. The molecular weight excluding hydrogens is 328 g/mol. The summed E-state index contributed by atoms with van der Waals surface area (Å²) in [6.07, 6.45) is 5.64. The molecule has 0 amide bonds. The highest BCUT2D eigenvalue weighted by Gasteiger charge is 2.29. The summed E-state index contributed by atoms with van der Waals surface area (Å²) in [5.74, 6) is 2.51. The van der Waals surface area contributed by atoms with Gasteiger partial charge < -0.3 is 4.57 Å². The Morgan fingerprint density at radius 3 is 2.81 bits per heavy atom. The van der Waals surface area contributed by atoms with Gasteiger partial charge in [0.1, 0.15) is 11.6 Å². The fourth-order valence-corrected chi connectivity index (χ4v) is 3.47. The normalized spacial score (nSPS) is 17.6. The van der Waals surface area contributed by atoms with Crippen LogP contribution in [-0.4, -0.2) is 46.2 Å². The molecule has 0 saturated heterocycles. The fourth-order valence-electron chi connectivity index (χ4n) is 3.47. The molecule has 26 heavy (non-hydrogen) atoms. The van der Waals surface area contributed by atoms with E-state index in [1.54, 1.807) is 6.20 Å². The van der Waals surface area contributed by atoms with Crippen LogP contribution in [0.15, 0.2) is 30.7 Å². The first-order chi connectivity index (χ1) is 12.6. The minimum atomic E-state index is 0.215. The molecule has 0 N–H and O–H groups in total. The highest BCUT2D eigenvalue weighted by Crippen LogP contribution is 2.27. The van der Waals surface area contributed by atoms with Crippen LogP contribution in [0.4, 0.5) is 0 Å². The highest BCUT2D eigenvalue weighted by molar-refractivity contribution is 5.10. The molecule has 0 aromatic carbocycles. The van der Waals surface area contributed by atoms with Gasteiger partial charge in [0.25, 0.3) is 0 Å². The second kappa shape index (κ2) is 6.95. The Morgan fingerprint density at radius 2 is 2.04 bits per heavy atom. The first-order valence-corrected chi connectivity index (χ1v) is 9.06. The second-order valence-electron chi connectivity index (χ2n) is 7.14. The Bertz CT molecular complexity index is 866. The summed E-state index contributed by atoms with van der Waals surface area (Å²) in [5.41, 5.74) is 2.09. The summed E-state index contributed by atoms with van der Waals surface area (Å²) in [4.78, 5) is 6.52. The minimum absolute atomic E-state index is 0.215. The molecule has 8 heteroatoms. The number of hydrogen-bond acceptors (Lipinski definition) is 6. The quantitative estimate of drug-likeness (QED) is 0.699. The largest absolute Gasteiger partial charge is 0.312 e. The highest BCUT2D eigenvalue weighted by atomic mass is 15.4. The molecular formula is C18H24N8.